The minimum Gasteiger partial charge on any atom is -0.508 e. The topological polar surface area (TPSA) is 148 Å². The van der Waals surface area contributed by atoms with E-state index >= 15 is 0 Å². The molecular weight excluding hydrogens is 376 g/mol. The van der Waals surface area contributed by atoms with Crippen molar-refractivity contribution in [3.8, 4) is 5.75 Å². The number of hydrogen-bond donors (Lipinski definition) is 4. The van der Waals surface area contributed by atoms with Crippen molar-refractivity contribution in [2.45, 2.75) is 42.1 Å². The van der Waals surface area contributed by atoms with Crippen LogP contribution in [0.25, 0.3) is 0 Å². The maximum Gasteiger partial charge on any atom is 0.329 e. The Balaban J connectivity index is 1.84. The fraction of sp³-hybridized carbons (Fsp3) is 0.438. The maximum atomic E-state index is 12.6. The molecule has 2 amide bonds. The van der Waals surface area contributed by atoms with Gasteiger partial charge in [0.15, 0.2) is 6.04 Å². The summed E-state index contributed by atoms with van der Waals surface area (Å²) in [5, 5.41) is 26.6. The summed E-state index contributed by atoms with van der Waals surface area (Å²) in [4.78, 5) is 48.0. The first-order valence-electron chi connectivity index (χ1n) is 8.07. The number of carboxylic acid groups (broad SMARTS) is 1. The molecule has 2 heterocycles. The van der Waals surface area contributed by atoms with Crippen LogP contribution in [0.5, 0.6) is 5.75 Å². The number of benzene rings is 1. The van der Waals surface area contributed by atoms with Gasteiger partial charge in [0.2, 0.25) is 11.8 Å². The lowest BCUT2D eigenvalue weighted by molar-refractivity contribution is -0.145. The summed E-state index contributed by atoms with van der Waals surface area (Å²) in [6, 6.07) is 2.47. The molecule has 0 bridgehead atoms. The summed E-state index contributed by atoms with van der Waals surface area (Å²) in [6.45, 7) is 3.27. The zero-order valence-electron chi connectivity index (χ0n) is 14.4. The fourth-order valence-electron chi connectivity index (χ4n) is 3.32. The minimum absolute atomic E-state index is 0.0242. The molecule has 1 aromatic rings. The van der Waals surface area contributed by atoms with Crippen molar-refractivity contribution in [2.24, 2.45) is 5.29 Å². The number of piperazine rings is 1. The van der Waals surface area contributed by atoms with Crippen LogP contribution >= 0.6 is 11.8 Å². The molecule has 144 valence electrons. The molecule has 2 aliphatic rings. The Morgan fingerprint density at radius 1 is 1.19 bits per heavy atom. The van der Waals surface area contributed by atoms with Crippen molar-refractivity contribution in [1.82, 2.24) is 15.6 Å². The minimum atomic E-state index is -1.24. The molecule has 0 saturated carbocycles. The van der Waals surface area contributed by atoms with Gasteiger partial charge in [0.05, 0.1) is 5.29 Å². The number of aromatic hydroxyl groups is 1. The van der Waals surface area contributed by atoms with Crippen LogP contribution in [-0.4, -0.2) is 55.2 Å². The predicted molar refractivity (Wildman–Crippen MR) is 95.4 cm³/mol. The van der Waals surface area contributed by atoms with Gasteiger partial charge in [-0.1, -0.05) is 12.1 Å². The highest BCUT2D eigenvalue weighted by Gasteiger charge is 2.57. The zero-order chi connectivity index (χ0) is 19.9. The van der Waals surface area contributed by atoms with Crippen LogP contribution in [0.15, 0.2) is 29.6 Å². The molecule has 0 aliphatic carbocycles. The van der Waals surface area contributed by atoms with E-state index in [-0.39, 0.29) is 5.75 Å². The molecule has 0 aromatic heterocycles. The van der Waals surface area contributed by atoms with E-state index in [1.54, 1.807) is 13.8 Å². The number of phenolic OH excluding ortho intramolecular Hbond substituents is 1. The van der Waals surface area contributed by atoms with Crippen LogP contribution in [0, 0.1) is 4.91 Å². The van der Waals surface area contributed by atoms with E-state index in [0.717, 1.165) is 16.8 Å². The van der Waals surface area contributed by atoms with Crippen molar-refractivity contribution in [3.63, 3.8) is 0 Å². The van der Waals surface area contributed by atoms with Crippen molar-refractivity contribution in [2.75, 3.05) is 0 Å². The highest BCUT2D eigenvalue weighted by atomic mass is 32.2. The second-order valence-electron chi connectivity index (χ2n) is 6.83. The highest BCUT2D eigenvalue weighted by Crippen LogP contribution is 2.46. The molecule has 3 unspecified atom stereocenters. The zero-order valence-corrected chi connectivity index (χ0v) is 15.3. The van der Waals surface area contributed by atoms with E-state index in [9.17, 15) is 29.5 Å². The lowest BCUT2D eigenvalue weighted by Crippen LogP contribution is -2.63. The molecule has 3 rings (SSSR count). The molecule has 4 N–H and O–H groups in total. The van der Waals surface area contributed by atoms with Gasteiger partial charge in [-0.05, 0) is 31.5 Å². The Hall–Kier alpha value is -2.82. The van der Waals surface area contributed by atoms with Gasteiger partial charge in [0.1, 0.15) is 23.2 Å². The van der Waals surface area contributed by atoms with E-state index in [4.69, 9.17) is 0 Å². The largest absolute Gasteiger partial charge is 0.508 e. The average molecular weight is 394 g/mol. The molecule has 2 fully saturated rings. The third kappa shape index (κ3) is 3.29. The number of hydrogen-bond acceptors (Lipinski definition) is 7. The van der Waals surface area contributed by atoms with Gasteiger partial charge in [-0.15, -0.1) is 16.7 Å². The second kappa shape index (κ2) is 6.72. The van der Waals surface area contributed by atoms with Gasteiger partial charge in [-0.3, -0.25) is 9.59 Å². The summed E-state index contributed by atoms with van der Waals surface area (Å²) < 4.78 is -0.900. The van der Waals surface area contributed by atoms with E-state index in [2.05, 4.69) is 15.9 Å². The van der Waals surface area contributed by atoms with Gasteiger partial charge in [0, 0.05) is 4.75 Å². The number of nitroso groups, excluding NO2 is 1. The number of rotatable bonds is 4. The van der Waals surface area contributed by atoms with E-state index in [1.807, 2.05) is 0 Å². The number of aliphatic carboxylic acids is 1. The Morgan fingerprint density at radius 2 is 1.81 bits per heavy atom. The Kier molecular flexibility index (Phi) is 4.72. The van der Waals surface area contributed by atoms with Gasteiger partial charge < -0.3 is 20.8 Å². The molecule has 0 radical (unpaired) electrons. The monoisotopic (exact) mass is 394 g/mol. The van der Waals surface area contributed by atoms with E-state index in [0.29, 0.717) is 5.56 Å². The lowest BCUT2D eigenvalue weighted by Gasteiger charge is -2.34. The molecule has 4 atom stereocenters. The molecule has 27 heavy (non-hydrogen) atoms. The first kappa shape index (κ1) is 19.0. The number of carbonyl (C=O) groups excluding carboxylic acids is 2. The average Bonchev–Trinajstić information content (AvgIpc) is 2.88. The van der Waals surface area contributed by atoms with Crippen molar-refractivity contribution >= 4 is 29.5 Å². The fourth-order valence-corrected chi connectivity index (χ4v) is 4.88. The van der Waals surface area contributed by atoms with Crippen LogP contribution in [-0.2, 0) is 14.4 Å². The number of phenols is 1. The molecule has 11 heteroatoms. The molecule has 0 spiro atoms. The SMILES string of the molecule is CC1(C)SC(C2NC(=O)C(c3ccc(O)cc3)NC2=O)N(N=O)[C@H]1C(=O)O. The first-order chi connectivity index (χ1) is 12.7. The van der Waals surface area contributed by atoms with Crippen LogP contribution in [0.4, 0.5) is 0 Å². The number of nitrogens with one attached hydrogen (secondary N) is 2. The van der Waals surface area contributed by atoms with Gasteiger partial charge in [-0.2, -0.15) is 0 Å². The van der Waals surface area contributed by atoms with Crippen molar-refractivity contribution < 1.29 is 24.6 Å². The quantitative estimate of drug-likeness (QED) is 0.534. The summed E-state index contributed by atoms with van der Waals surface area (Å²) in [5.74, 6) is -2.27. The number of carboxylic acids is 1. The van der Waals surface area contributed by atoms with Crippen molar-refractivity contribution in [3.05, 3.63) is 34.7 Å². The van der Waals surface area contributed by atoms with E-state index in [1.165, 1.54) is 24.3 Å². The summed E-state index contributed by atoms with van der Waals surface area (Å²) in [7, 11) is 0. The number of amides is 2. The Morgan fingerprint density at radius 3 is 2.37 bits per heavy atom. The third-order valence-corrected chi connectivity index (χ3v) is 6.14. The molecule has 2 saturated heterocycles. The van der Waals surface area contributed by atoms with Crippen LogP contribution in [0.3, 0.4) is 0 Å². The van der Waals surface area contributed by atoms with Crippen LogP contribution in [0.2, 0.25) is 0 Å². The predicted octanol–water partition coefficient (Wildman–Crippen LogP) is 0.336. The molecule has 2 aliphatic heterocycles. The Labute approximate surface area is 158 Å². The molecular formula is C16H18N4O6S. The Bertz CT molecular complexity index is 799. The maximum absolute atomic E-state index is 12.6. The molecule has 10 nitrogen and oxygen atoms in total. The number of carbonyl (C=O) groups is 3. The summed E-state index contributed by atoms with van der Waals surface area (Å²) in [6.07, 6.45) is 0. The summed E-state index contributed by atoms with van der Waals surface area (Å²) >= 11 is 1.09. The van der Waals surface area contributed by atoms with Crippen LogP contribution in [0.1, 0.15) is 25.5 Å². The van der Waals surface area contributed by atoms with Crippen molar-refractivity contribution in [1.29, 1.82) is 0 Å². The third-order valence-electron chi connectivity index (χ3n) is 4.58. The van der Waals surface area contributed by atoms with Gasteiger partial charge >= 0.3 is 5.97 Å². The number of nitrogens with zero attached hydrogens (tertiary/aromatic N) is 2. The van der Waals surface area contributed by atoms with E-state index < -0.39 is 46.0 Å². The summed E-state index contributed by atoms with van der Waals surface area (Å²) in [5.41, 5.74) is 0.477. The van der Waals surface area contributed by atoms with Gasteiger partial charge in [0.25, 0.3) is 0 Å². The first-order valence-corrected chi connectivity index (χ1v) is 8.95. The van der Waals surface area contributed by atoms with Gasteiger partial charge in [-0.25, -0.2) is 9.80 Å². The lowest BCUT2D eigenvalue weighted by atomic mass is 10.0. The normalized spacial score (nSPS) is 29.8. The van der Waals surface area contributed by atoms with Crippen LogP contribution < -0.4 is 10.6 Å². The molecule has 1 aromatic carbocycles. The highest BCUT2D eigenvalue weighted by molar-refractivity contribution is 8.01. The number of thioether (sulfide) groups is 1. The standard InChI is InChI=1S/C16H18N4O6S/c1-16(2)11(15(24)25)20(19-26)14(27-16)10-13(23)17-9(12(22)18-10)7-3-5-8(21)6-4-7/h3-6,9-11,14,21H,1-2H3,(H,17,23)(H,18,22)(H,24,25)/t9?,10?,11-,14?/m0/s1. The second-order valence-corrected chi connectivity index (χ2v) is 8.60. The smallest absolute Gasteiger partial charge is 0.329 e.